The molecule has 0 saturated carbocycles. The van der Waals surface area contributed by atoms with Gasteiger partial charge >= 0.3 is 11.9 Å². The van der Waals surface area contributed by atoms with Crippen molar-refractivity contribution >= 4 is 23.9 Å². The first-order chi connectivity index (χ1) is 9.02. The Labute approximate surface area is 109 Å². The molecule has 0 heterocycles. The van der Waals surface area contributed by atoms with Gasteiger partial charge in [0.05, 0.1) is 12.7 Å². The molecule has 0 aliphatic heterocycles. The van der Waals surface area contributed by atoms with Crippen LogP contribution in [0.1, 0.15) is 15.9 Å². The molecule has 0 aromatic heterocycles. The normalized spacial score (nSPS) is 10.2. The summed E-state index contributed by atoms with van der Waals surface area (Å²) in [4.78, 5) is 32.6. The zero-order chi connectivity index (χ0) is 14.3. The highest BCUT2D eigenvalue weighted by atomic mass is 16.5. The maximum atomic E-state index is 11.2. The van der Waals surface area contributed by atoms with Crippen LogP contribution in [0.25, 0.3) is 6.08 Å². The van der Waals surface area contributed by atoms with Gasteiger partial charge in [-0.25, -0.2) is 4.79 Å². The Balaban J connectivity index is 2.60. The Morgan fingerprint density at radius 1 is 1.26 bits per heavy atom. The number of hydrogen-bond acceptors (Lipinski definition) is 4. The predicted molar refractivity (Wildman–Crippen MR) is 67.5 cm³/mol. The highest BCUT2D eigenvalue weighted by molar-refractivity contribution is 5.93. The van der Waals surface area contributed by atoms with Gasteiger partial charge in [0.2, 0.25) is 5.91 Å². The lowest BCUT2D eigenvalue weighted by Crippen LogP contribution is -2.27. The van der Waals surface area contributed by atoms with E-state index in [4.69, 9.17) is 5.11 Å². The number of esters is 1. The van der Waals surface area contributed by atoms with E-state index in [-0.39, 0.29) is 0 Å². The number of aliphatic carboxylic acids is 1. The van der Waals surface area contributed by atoms with Gasteiger partial charge in [-0.3, -0.25) is 9.59 Å². The summed E-state index contributed by atoms with van der Waals surface area (Å²) in [5, 5.41) is 10.6. The molecule has 0 saturated heterocycles. The average Bonchev–Trinajstić information content (AvgIpc) is 2.42. The van der Waals surface area contributed by atoms with Gasteiger partial charge in [-0.2, -0.15) is 0 Å². The molecule has 6 heteroatoms. The summed E-state index contributed by atoms with van der Waals surface area (Å²) in [5.41, 5.74) is 1.12. The molecule has 1 aromatic rings. The second-order valence-corrected chi connectivity index (χ2v) is 3.56. The van der Waals surface area contributed by atoms with E-state index in [0.29, 0.717) is 11.1 Å². The smallest absolute Gasteiger partial charge is 0.337 e. The molecule has 0 aliphatic rings. The SMILES string of the molecule is COC(=O)c1ccc(/C=C/C(=O)NCC(=O)O)cc1. The quantitative estimate of drug-likeness (QED) is 0.602. The van der Waals surface area contributed by atoms with Crippen molar-refractivity contribution in [3.05, 3.63) is 41.5 Å². The van der Waals surface area contributed by atoms with E-state index in [1.807, 2.05) is 0 Å². The summed E-state index contributed by atoms with van der Waals surface area (Å²) in [6.07, 6.45) is 2.73. The predicted octanol–water partition coefficient (Wildman–Crippen LogP) is 0.687. The molecule has 1 amide bonds. The molecule has 2 N–H and O–H groups in total. The van der Waals surface area contributed by atoms with Crippen molar-refractivity contribution < 1.29 is 24.2 Å². The average molecular weight is 263 g/mol. The number of carbonyl (C=O) groups excluding carboxylic acids is 2. The first-order valence-corrected chi connectivity index (χ1v) is 5.39. The van der Waals surface area contributed by atoms with E-state index in [9.17, 15) is 14.4 Å². The van der Waals surface area contributed by atoms with Crippen molar-refractivity contribution in [3.63, 3.8) is 0 Å². The number of ether oxygens (including phenoxy) is 1. The van der Waals surface area contributed by atoms with Crippen molar-refractivity contribution in [3.8, 4) is 0 Å². The molecule has 19 heavy (non-hydrogen) atoms. The summed E-state index contributed by atoms with van der Waals surface area (Å²) in [5.74, 6) is -2.04. The number of amides is 1. The summed E-state index contributed by atoms with van der Waals surface area (Å²) >= 11 is 0. The van der Waals surface area contributed by atoms with Crippen LogP contribution in [0, 0.1) is 0 Å². The minimum absolute atomic E-state index is 0.412. The zero-order valence-electron chi connectivity index (χ0n) is 10.3. The van der Waals surface area contributed by atoms with E-state index in [1.54, 1.807) is 24.3 Å². The molecule has 0 bridgehead atoms. The largest absolute Gasteiger partial charge is 0.480 e. The van der Waals surface area contributed by atoms with E-state index >= 15 is 0 Å². The van der Waals surface area contributed by atoms with Crippen molar-refractivity contribution in [2.24, 2.45) is 0 Å². The topological polar surface area (TPSA) is 92.7 Å². The molecule has 0 fully saturated rings. The number of methoxy groups -OCH3 is 1. The van der Waals surface area contributed by atoms with Crippen LogP contribution in [-0.4, -0.2) is 36.6 Å². The standard InChI is InChI=1S/C13H13NO5/c1-19-13(18)10-5-2-9(3-6-10)4-7-11(15)14-8-12(16)17/h2-7H,8H2,1H3,(H,14,15)(H,16,17)/b7-4+. The van der Waals surface area contributed by atoms with Crippen LogP contribution in [0.2, 0.25) is 0 Å². The molecule has 6 nitrogen and oxygen atoms in total. The maximum Gasteiger partial charge on any atom is 0.337 e. The Morgan fingerprint density at radius 2 is 1.89 bits per heavy atom. The summed E-state index contributed by atoms with van der Waals surface area (Å²) in [6.45, 7) is -0.426. The van der Waals surface area contributed by atoms with Gasteiger partial charge in [0.25, 0.3) is 0 Å². The number of carbonyl (C=O) groups is 3. The molecule has 0 aliphatic carbocycles. The van der Waals surface area contributed by atoms with Gasteiger partial charge < -0.3 is 15.2 Å². The molecule has 1 aromatic carbocycles. The van der Waals surface area contributed by atoms with Crippen LogP contribution >= 0.6 is 0 Å². The lowest BCUT2D eigenvalue weighted by Gasteiger charge is -1.99. The van der Waals surface area contributed by atoms with Gasteiger partial charge in [0.1, 0.15) is 6.54 Å². The Morgan fingerprint density at radius 3 is 2.42 bits per heavy atom. The van der Waals surface area contributed by atoms with Gasteiger partial charge in [0.15, 0.2) is 0 Å². The monoisotopic (exact) mass is 263 g/mol. The van der Waals surface area contributed by atoms with E-state index in [0.717, 1.165) is 0 Å². The van der Waals surface area contributed by atoms with Crippen molar-refractivity contribution in [1.82, 2.24) is 5.32 Å². The van der Waals surface area contributed by atoms with Gasteiger partial charge in [-0.1, -0.05) is 12.1 Å². The molecule has 0 spiro atoms. The summed E-state index contributed by atoms with van der Waals surface area (Å²) in [6, 6.07) is 6.43. The lowest BCUT2D eigenvalue weighted by atomic mass is 10.1. The number of carboxylic acid groups (broad SMARTS) is 1. The molecule has 0 radical (unpaired) electrons. The fourth-order valence-corrected chi connectivity index (χ4v) is 1.24. The Hall–Kier alpha value is -2.63. The third-order valence-corrected chi connectivity index (χ3v) is 2.17. The number of hydrogen-bond donors (Lipinski definition) is 2. The Bertz CT molecular complexity index is 504. The summed E-state index contributed by atoms with van der Waals surface area (Å²) in [7, 11) is 1.29. The van der Waals surface area contributed by atoms with Crippen LogP contribution in [0.15, 0.2) is 30.3 Å². The fraction of sp³-hybridized carbons (Fsp3) is 0.154. The highest BCUT2D eigenvalue weighted by Crippen LogP contribution is 2.07. The summed E-state index contributed by atoms with van der Waals surface area (Å²) < 4.78 is 4.55. The van der Waals surface area contributed by atoms with Crippen LogP contribution in [0.5, 0.6) is 0 Å². The maximum absolute atomic E-state index is 11.2. The van der Waals surface area contributed by atoms with E-state index in [2.05, 4.69) is 10.1 Å². The minimum atomic E-state index is -1.11. The van der Waals surface area contributed by atoms with E-state index in [1.165, 1.54) is 19.3 Å². The van der Waals surface area contributed by atoms with E-state index < -0.39 is 24.4 Å². The second-order valence-electron chi connectivity index (χ2n) is 3.56. The van der Waals surface area contributed by atoms with Crippen molar-refractivity contribution in [1.29, 1.82) is 0 Å². The first-order valence-electron chi connectivity index (χ1n) is 5.39. The third-order valence-electron chi connectivity index (χ3n) is 2.17. The number of benzene rings is 1. The second kappa shape index (κ2) is 6.95. The Kier molecular flexibility index (Phi) is 5.28. The molecule has 1 rings (SSSR count). The highest BCUT2D eigenvalue weighted by Gasteiger charge is 2.03. The zero-order valence-corrected chi connectivity index (χ0v) is 10.3. The van der Waals surface area contributed by atoms with Gasteiger partial charge in [0, 0.05) is 6.08 Å². The van der Waals surface area contributed by atoms with Crippen molar-refractivity contribution in [2.45, 2.75) is 0 Å². The van der Waals surface area contributed by atoms with Crippen LogP contribution < -0.4 is 5.32 Å². The lowest BCUT2D eigenvalue weighted by molar-refractivity contribution is -0.137. The van der Waals surface area contributed by atoms with Crippen molar-refractivity contribution in [2.75, 3.05) is 13.7 Å². The minimum Gasteiger partial charge on any atom is -0.480 e. The molecule has 0 unspecified atom stereocenters. The number of nitrogens with one attached hydrogen (secondary N) is 1. The first kappa shape index (κ1) is 14.4. The van der Waals surface area contributed by atoms with Crippen LogP contribution in [-0.2, 0) is 14.3 Å². The number of rotatable bonds is 5. The molecular weight excluding hydrogens is 250 g/mol. The van der Waals surface area contributed by atoms with Gasteiger partial charge in [-0.05, 0) is 23.8 Å². The van der Waals surface area contributed by atoms with Gasteiger partial charge in [-0.15, -0.1) is 0 Å². The fourth-order valence-electron chi connectivity index (χ4n) is 1.24. The molecule has 0 atom stereocenters. The number of carboxylic acids is 1. The van der Waals surface area contributed by atoms with Crippen LogP contribution in [0.4, 0.5) is 0 Å². The molecular formula is C13H13NO5. The third kappa shape index (κ3) is 5.03. The van der Waals surface area contributed by atoms with Crippen LogP contribution in [0.3, 0.4) is 0 Å². The molecule has 100 valence electrons.